The van der Waals surface area contributed by atoms with Crippen LogP contribution in [0.5, 0.6) is 11.6 Å². The summed E-state index contributed by atoms with van der Waals surface area (Å²) in [6.07, 6.45) is 4.48. The Morgan fingerprint density at radius 2 is 1.92 bits per heavy atom. The van der Waals surface area contributed by atoms with E-state index in [9.17, 15) is 41.5 Å². The third kappa shape index (κ3) is 7.11. The van der Waals surface area contributed by atoms with Crippen LogP contribution in [0.4, 0.5) is 13.6 Å². The topological polar surface area (TPSA) is 193 Å². The van der Waals surface area contributed by atoms with Gasteiger partial charge in [0.1, 0.15) is 46.7 Å². The van der Waals surface area contributed by atoms with Gasteiger partial charge in [0.2, 0.25) is 27.7 Å². The number of allylic oxidation sites excluding steroid dienone is 1. The van der Waals surface area contributed by atoms with E-state index in [1.807, 2.05) is 17.7 Å². The number of halogens is 2. The number of aromatic nitrogens is 1. The number of hydrogen-bond donors (Lipinski definition) is 4. The minimum atomic E-state index is -4.41. The molecular formula is C35H43F2N5O9S. The van der Waals surface area contributed by atoms with Crippen molar-refractivity contribution in [3.63, 3.8) is 0 Å². The van der Waals surface area contributed by atoms with E-state index in [1.165, 1.54) is 36.4 Å². The number of ether oxygens (including phenoxy) is 2. The summed E-state index contributed by atoms with van der Waals surface area (Å²) in [6, 6.07) is 1.43. The van der Waals surface area contributed by atoms with Crippen LogP contribution < -0.4 is 24.8 Å². The number of alkyl halides is 1. The minimum absolute atomic E-state index is 0.0603. The summed E-state index contributed by atoms with van der Waals surface area (Å²) < 4.78 is 66.0. The smallest absolute Gasteiger partial charge is 0.405 e. The highest BCUT2D eigenvalue weighted by molar-refractivity contribution is 7.91. The van der Waals surface area contributed by atoms with Crippen LogP contribution in [0.25, 0.3) is 10.8 Å². The molecule has 4 amide bonds. The molecule has 2 saturated carbocycles. The highest BCUT2D eigenvalue weighted by atomic mass is 32.2. The maximum atomic E-state index is 14.3. The monoisotopic (exact) mass is 747 g/mol. The second kappa shape index (κ2) is 14.1. The highest BCUT2D eigenvalue weighted by Crippen LogP contribution is 2.48. The fourth-order valence-electron chi connectivity index (χ4n) is 7.46. The van der Waals surface area contributed by atoms with E-state index in [-0.39, 0.29) is 44.0 Å². The zero-order valence-corrected chi connectivity index (χ0v) is 29.9. The second-order valence-corrected chi connectivity index (χ2v) is 16.7. The van der Waals surface area contributed by atoms with Crippen molar-refractivity contribution in [2.75, 3.05) is 20.3 Å². The van der Waals surface area contributed by atoms with E-state index in [1.54, 1.807) is 13.0 Å². The molecule has 1 saturated heterocycles. The molecule has 6 rings (SSSR count). The number of nitrogens with one attached hydrogen (secondary N) is 3. The van der Waals surface area contributed by atoms with E-state index >= 15 is 0 Å². The van der Waals surface area contributed by atoms with Gasteiger partial charge in [-0.3, -0.25) is 19.1 Å². The predicted molar refractivity (Wildman–Crippen MR) is 183 cm³/mol. The van der Waals surface area contributed by atoms with Gasteiger partial charge < -0.3 is 30.1 Å². The fourth-order valence-corrected chi connectivity index (χ4v) is 8.89. The van der Waals surface area contributed by atoms with Crippen molar-refractivity contribution >= 4 is 44.6 Å². The molecule has 2 aliphatic carbocycles. The molecule has 0 unspecified atom stereocenters. The number of carboxylic acid groups (broad SMARTS) is 1. The average molecular weight is 748 g/mol. The van der Waals surface area contributed by atoms with Gasteiger partial charge in [0.05, 0.1) is 19.9 Å². The lowest BCUT2D eigenvalue weighted by molar-refractivity contribution is -0.142. The number of rotatable bonds is 8. The largest absolute Gasteiger partial charge is 0.494 e. The molecule has 0 bridgehead atoms. The number of hydrogen-bond acceptors (Lipinski definition) is 9. The molecule has 0 spiro atoms. The van der Waals surface area contributed by atoms with Crippen molar-refractivity contribution in [3.8, 4) is 11.6 Å². The maximum Gasteiger partial charge on any atom is 0.405 e. The Hall–Kier alpha value is -4.54. The summed E-state index contributed by atoms with van der Waals surface area (Å²) in [7, 11) is -3.00. The number of benzene rings is 1. The second-order valence-electron chi connectivity index (χ2n) is 14.6. The Morgan fingerprint density at radius 3 is 2.60 bits per heavy atom. The third-order valence-corrected chi connectivity index (χ3v) is 12.9. The standard InChI is InChI=1S/C35H43F2N5O9S/c1-19-6-4-5-7-21-15-35(21,32(45)41-52(48,49)34(18-36)10-11-34)40-29(43)26-14-23(17-42(26)31(44)28(20(2)12-19)39-33(46)47)51-30-24-9-8-22(37)13-25(24)27(50-3)16-38-30/h5,7-9,13,16,19-21,23,26,28,39H,4,6,10-12,14-15,17-18H2,1-3H3,(H,40,43)(H,41,45)(H,46,47)/t19-,20+,21+,23+,26-,28-,35+/m0/s1. The van der Waals surface area contributed by atoms with Crippen molar-refractivity contribution in [2.24, 2.45) is 17.8 Å². The van der Waals surface area contributed by atoms with Crippen molar-refractivity contribution in [1.29, 1.82) is 0 Å². The lowest BCUT2D eigenvalue weighted by Crippen LogP contribution is -2.59. The Bertz CT molecular complexity index is 1910. The summed E-state index contributed by atoms with van der Waals surface area (Å²) in [5, 5.41) is 15.6. The molecule has 3 heterocycles. The van der Waals surface area contributed by atoms with Crippen molar-refractivity contribution in [3.05, 3.63) is 42.4 Å². The molecule has 52 heavy (non-hydrogen) atoms. The molecular weight excluding hydrogens is 704 g/mol. The van der Waals surface area contributed by atoms with Gasteiger partial charge in [-0.1, -0.05) is 26.0 Å². The molecule has 4 N–H and O–H groups in total. The number of pyridine rings is 1. The van der Waals surface area contributed by atoms with Gasteiger partial charge in [0, 0.05) is 23.1 Å². The Labute approximate surface area is 299 Å². The first-order valence-corrected chi connectivity index (χ1v) is 18.8. The van der Waals surface area contributed by atoms with Gasteiger partial charge in [-0.25, -0.2) is 27.0 Å². The normalized spacial score (nSPS) is 30.2. The summed E-state index contributed by atoms with van der Waals surface area (Å²) in [6.45, 7) is 2.40. The third-order valence-electron chi connectivity index (χ3n) is 10.8. The predicted octanol–water partition coefficient (Wildman–Crippen LogP) is 3.20. The zero-order chi connectivity index (χ0) is 37.6. The van der Waals surface area contributed by atoms with Crippen LogP contribution in [-0.4, -0.2) is 96.0 Å². The summed E-state index contributed by atoms with van der Waals surface area (Å²) in [5.41, 5.74) is -1.70. The van der Waals surface area contributed by atoms with Crippen molar-refractivity contribution in [1.82, 2.24) is 25.2 Å². The van der Waals surface area contributed by atoms with Gasteiger partial charge in [0.15, 0.2) is 0 Å². The molecule has 1 aromatic heterocycles. The number of amides is 4. The lowest BCUT2D eigenvalue weighted by atomic mass is 9.88. The van der Waals surface area contributed by atoms with Crippen molar-refractivity contribution in [2.45, 2.75) is 87.3 Å². The molecule has 4 aliphatic rings. The van der Waals surface area contributed by atoms with E-state index in [0.29, 0.717) is 35.8 Å². The van der Waals surface area contributed by atoms with E-state index in [4.69, 9.17) is 9.47 Å². The fraction of sp³-hybridized carbons (Fsp3) is 0.571. The first kappa shape index (κ1) is 37.2. The van der Waals surface area contributed by atoms with Crippen molar-refractivity contribution < 1.29 is 51.0 Å². The van der Waals surface area contributed by atoms with Crippen LogP contribution >= 0.6 is 0 Å². The SMILES string of the molecule is COc1cnc(O[C@@H]2C[C@H]3C(=O)N[C@]4(C(=O)NS(=O)(=O)C5(CF)CC5)C[C@H]4C=CCC[C@H](C)C[C@@H](C)[C@H](NC(=O)O)C(=O)N3C2)c2ccc(F)cc12. The first-order valence-electron chi connectivity index (χ1n) is 17.3. The quantitative estimate of drug-likeness (QED) is 0.292. The molecule has 1 aromatic carbocycles. The van der Waals surface area contributed by atoms with E-state index in [2.05, 4.69) is 15.6 Å². The molecule has 282 valence electrons. The molecule has 3 fully saturated rings. The van der Waals surface area contributed by atoms with Crippen LogP contribution in [0.15, 0.2) is 36.5 Å². The first-order chi connectivity index (χ1) is 24.6. The van der Waals surface area contributed by atoms with Crippen LogP contribution in [0, 0.1) is 23.6 Å². The number of methoxy groups -OCH3 is 1. The molecule has 17 heteroatoms. The Balaban J connectivity index is 1.35. The van der Waals surface area contributed by atoms with Crippen LogP contribution in [0.2, 0.25) is 0 Å². The molecule has 7 atom stereocenters. The number of carbonyl (C=O) groups is 4. The lowest BCUT2D eigenvalue weighted by Gasteiger charge is -2.32. The van der Waals surface area contributed by atoms with E-state index < -0.39 is 86.6 Å². The summed E-state index contributed by atoms with van der Waals surface area (Å²) in [4.78, 5) is 59.8. The van der Waals surface area contributed by atoms with Gasteiger partial charge in [-0.15, -0.1) is 0 Å². The minimum Gasteiger partial charge on any atom is -0.494 e. The molecule has 0 radical (unpaired) electrons. The molecule has 2 aliphatic heterocycles. The highest BCUT2D eigenvalue weighted by Gasteiger charge is 2.64. The van der Waals surface area contributed by atoms with Gasteiger partial charge in [-0.05, 0) is 68.6 Å². The average Bonchev–Trinajstić information content (AvgIpc) is 4.00. The van der Waals surface area contributed by atoms with Gasteiger partial charge in [-0.2, -0.15) is 0 Å². The number of fused-ring (bicyclic) bond motifs is 3. The number of nitrogens with zero attached hydrogens (tertiary/aromatic N) is 2. The van der Waals surface area contributed by atoms with Crippen LogP contribution in [0.1, 0.15) is 58.8 Å². The van der Waals surface area contributed by atoms with Crippen LogP contribution in [0.3, 0.4) is 0 Å². The Kier molecular flexibility index (Phi) is 10.1. The molecule has 2 aromatic rings. The van der Waals surface area contributed by atoms with Gasteiger partial charge in [0.25, 0.3) is 5.91 Å². The Morgan fingerprint density at radius 1 is 1.17 bits per heavy atom. The van der Waals surface area contributed by atoms with Gasteiger partial charge >= 0.3 is 6.09 Å². The zero-order valence-electron chi connectivity index (χ0n) is 29.1. The number of sulfonamides is 1. The van der Waals surface area contributed by atoms with E-state index in [0.717, 1.165) is 0 Å². The summed E-state index contributed by atoms with van der Waals surface area (Å²) in [5.74, 6) is -3.61. The summed E-state index contributed by atoms with van der Waals surface area (Å²) >= 11 is 0. The molecule has 14 nitrogen and oxygen atoms in total. The van der Waals surface area contributed by atoms with Crippen LogP contribution in [-0.2, 0) is 24.4 Å². The maximum absolute atomic E-state index is 14.3. The number of carbonyl (C=O) groups excluding carboxylic acids is 3.